The molecule has 2 aliphatic carbocycles. The van der Waals surface area contributed by atoms with E-state index in [1.54, 1.807) is 23.3 Å². The van der Waals surface area contributed by atoms with E-state index < -0.39 is 0 Å². The van der Waals surface area contributed by atoms with Crippen LogP contribution in [0.3, 0.4) is 0 Å². The molecule has 2 unspecified atom stereocenters. The summed E-state index contributed by atoms with van der Waals surface area (Å²) in [5.41, 5.74) is 8.48. The summed E-state index contributed by atoms with van der Waals surface area (Å²) in [6, 6.07) is 31.2. The first kappa shape index (κ1) is 36.5. The van der Waals surface area contributed by atoms with Crippen molar-refractivity contribution < 1.29 is 48.1 Å². The van der Waals surface area contributed by atoms with Crippen LogP contribution >= 0.6 is 22.7 Å². The third-order valence-corrected chi connectivity index (χ3v) is 10.2. The normalized spacial score (nSPS) is 15.7. The van der Waals surface area contributed by atoms with E-state index in [0.29, 0.717) is 11.8 Å². The van der Waals surface area contributed by atoms with Crippen LogP contribution in [-0.4, -0.2) is 5.43 Å². The fraction of sp³-hybridized carbons (Fsp3) is 0.150. The number of benzene rings is 2. The van der Waals surface area contributed by atoms with E-state index in [0.717, 1.165) is 0 Å². The maximum absolute atomic E-state index is 2.34. The zero-order chi connectivity index (χ0) is 30.6. The Balaban J connectivity index is 0.000000180. The minimum atomic E-state index is 0. The van der Waals surface area contributed by atoms with E-state index in [2.05, 4.69) is 160 Å². The average Bonchev–Trinajstić information content (AvgIpc) is 3.74. The molecule has 8 rings (SSSR count). The molecule has 2 aromatic heterocycles. The number of allylic oxidation sites excluding steroid dienone is 6. The number of thiophene rings is 2. The monoisotopic (exact) mass is 768 g/mol. The van der Waals surface area contributed by atoms with Crippen molar-refractivity contribution in [3.8, 4) is 0 Å². The summed E-state index contributed by atoms with van der Waals surface area (Å²) >= 11 is 5.55. The minimum Gasteiger partial charge on any atom is -1.00 e. The summed E-state index contributed by atoms with van der Waals surface area (Å²) in [5.74, 6) is 0.761. The Hall–Kier alpha value is -2.30. The number of fused-ring (bicyclic) bond motifs is 4. The van der Waals surface area contributed by atoms with Crippen LogP contribution in [0, 0.1) is 13.8 Å². The summed E-state index contributed by atoms with van der Waals surface area (Å²) in [7, 11) is 0. The van der Waals surface area contributed by atoms with Gasteiger partial charge in [0, 0.05) is 19.2 Å². The second-order valence-electron chi connectivity index (χ2n) is 11.7. The molecular formula is C40H36Cl2S2SiZr-2. The van der Waals surface area contributed by atoms with Crippen molar-refractivity contribution in [2.24, 2.45) is 0 Å². The van der Waals surface area contributed by atoms with Gasteiger partial charge in [-0.3, -0.25) is 0 Å². The summed E-state index contributed by atoms with van der Waals surface area (Å²) < 4.78 is 2.75. The Morgan fingerprint density at radius 3 is 1.39 bits per heavy atom. The predicted molar refractivity (Wildman–Crippen MR) is 195 cm³/mol. The molecule has 2 atom stereocenters. The van der Waals surface area contributed by atoms with Crippen LogP contribution in [0.5, 0.6) is 0 Å². The van der Waals surface area contributed by atoms with Crippen LogP contribution in [0.4, 0.5) is 0 Å². The van der Waals surface area contributed by atoms with Crippen LogP contribution in [-0.2, 0) is 23.3 Å². The first-order valence-electron chi connectivity index (χ1n) is 15.1. The topological polar surface area (TPSA) is 0 Å². The van der Waals surface area contributed by atoms with Gasteiger partial charge in [0.05, 0.1) is 0 Å². The van der Waals surface area contributed by atoms with Crippen molar-refractivity contribution in [2.75, 3.05) is 0 Å². The Morgan fingerprint density at radius 2 is 1.00 bits per heavy atom. The zero-order valence-corrected chi connectivity index (χ0v) is 33.0. The molecule has 0 amide bonds. The third-order valence-electron chi connectivity index (χ3n) is 7.75. The van der Waals surface area contributed by atoms with Gasteiger partial charge in [-0.05, 0) is 46.9 Å². The molecule has 6 heteroatoms. The van der Waals surface area contributed by atoms with Crippen LogP contribution in [0.2, 0.25) is 13.1 Å². The van der Waals surface area contributed by atoms with Crippen molar-refractivity contribution >= 4 is 60.4 Å². The maximum atomic E-state index is 2.34. The molecule has 46 heavy (non-hydrogen) atoms. The van der Waals surface area contributed by atoms with Gasteiger partial charge in [0.25, 0.3) is 0 Å². The molecule has 232 valence electrons. The molecule has 0 spiro atoms. The molecule has 0 nitrogen and oxygen atoms in total. The standard InChI is InChI=1S/2C19H15S.C2H6Si.2ClH.Zr/c2*1-13-10-14-6-2-4-8-16(17(14)11-13)19-12-15-7-3-5-9-18(15)20-19;1-3-2;;;/h2*2-12,16H,1H3;1-2H3;2*1H;/q2*-1;;;;+2/p-2. The first-order chi connectivity index (χ1) is 21.4. The van der Waals surface area contributed by atoms with Crippen molar-refractivity contribution in [3.63, 3.8) is 0 Å². The third kappa shape index (κ3) is 8.58. The number of aryl methyl sites for hydroxylation is 2. The minimum absolute atomic E-state index is 0. The number of rotatable bonds is 2. The molecule has 2 aliphatic rings. The average molecular weight is 771 g/mol. The van der Waals surface area contributed by atoms with Gasteiger partial charge >= 0.3 is 41.9 Å². The van der Waals surface area contributed by atoms with E-state index in [9.17, 15) is 0 Å². The molecule has 0 saturated heterocycles. The number of hydrogen-bond donors (Lipinski definition) is 0. The molecule has 0 bridgehead atoms. The largest absolute Gasteiger partial charge is 1.00 e. The van der Waals surface area contributed by atoms with Crippen LogP contribution in [0.25, 0.3) is 32.3 Å². The molecule has 0 aliphatic heterocycles. The zero-order valence-electron chi connectivity index (χ0n) is 26.4. The van der Waals surface area contributed by atoms with Crippen molar-refractivity contribution in [3.05, 3.63) is 165 Å². The summed E-state index contributed by atoms with van der Waals surface area (Å²) in [6.07, 6.45) is 17.7. The SMILES string of the molecule is C[Si](C)=[Zr+2].Cc1cc2c([cH-]1)C=CC=CC2c1cc2ccccc2s1.Cc1cc2c([cH-]1)C=CC=CC2c1cc2ccccc2s1.[Cl-].[Cl-]. The van der Waals surface area contributed by atoms with Gasteiger partial charge in [-0.25, -0.2) is 0 Å². The van der Waals surface area contributed by atoms with Crippen molar-refractivity contribution in [1.82, 2.24) is 0 Å². The molecule has 0 fully saturated rings. The Morgan fingerprint density at radius 1 is 0.609 bits per heavy atom. The number of hydrogen-bond acceptors (Lipinski definition) is 2. The Labute approximate surface area is 309 Å². The maximum Gasteiger partial charge on any atom is 0.0345 e. The van der Waals surface area contributed by atoms with Gasteiger partial charge < -0.3 is 24.8 Å². The van der Waals surface area contributed by atoms with E-state index in [1.165, 1.54) is 63.3 Å². The molecular weight excluding hydrogens is 735 g/mol. The van der Waals surface area contributed by atoms with Gasteiger partial charge in [-0.15, -0.1) is 70.2 Å². The van der Waals surface area contributed by atoms with Gasteiger partial charge in [-0.1, -0.05) is 74.5 Å². The van der Waals surface area contributed by atoms with E-state index >= 15 is 0 Å². The van der Waals surface area contributed by atoms with Crippen LogP contribution in [0.15, 0.2) is 121 Å². The smallest absolute Gasteiger partial charge is 0.0345 e. The van der Waals surface area contributed by atoms with Gasteiger partial charge in [0.2, 0.25) is 0 Å². The molecule has 4 aromatic carbocycles. The van der Waals surface area contributed by atoms with E-state index in [-0.39, 0.29) is 30.2 Å². The second-order valence-corrected chi connectivity index (χ2v) is 23.3. The molecule has 0 N–H and O–H groups in total. The fourth-order valence-corrected chi connectivity index (χ4v) is 8.24. The quantitative estimate of drug-likeness (QED) is 0.148. The molecule has 6 aromatic rings. The van der Waals surface area contributed by atoms with Crippen LogP contribution in [0.1, 0.15) is 55.0 Å². The summed E-state index contributed by atoms with van der Waals surface area (Å²) in [4.78, 5) is 2.86. The van der Waals surface area contributed by atoms with E-state index in [1.807, 2.05) is 22.7 Å². The molecule has 2 heterocycles. The van der Waals surface area contributed by atoms with Crippen molar-refractivity contribution in [2.45, 2.75) is 38.8 Å². The van der Waals surface area contributed by atoms with Crippen LogP contribution < -0.4 is 24.8 Å². The van der Waals surface area contributed by atoms with Crippen molar-refractivity contribution in [1.29, 1.82) is 0 Å². The van der Waals surface area contributed by atoms with Gasteiger partial charge in [0.1, 0.15) is 0 Å². The Bertz CT molecular complexity index is 1850. The predicted octanol–water partition coefficient (Wildman–Crippen LogP) is 6.08. The molecule has 0 saturated carbocycles. The van der Waals surface area contributed by atoms with Gasteiger partial charge in [-0.2, -0.15) is 34.4 Å². The Kier molecular flexibility index (Phi) is 13.3. The first-order valence-corrected chi connectivity index (χ1v) is 22.9. The second kappa shape index (κ2) is 16.7. The fourth-order valence-electron chi connectivity index (χ4n) is 5.91. The molecule has 0 radical (unpaired) electrons. The summed E-state index contributed by atoms with van der Waals surface area (Å²) in [5, 5.41) is 2.70. The summed E-state index contributed by atoms with van der Waals surface area (Å²) in [6.45, 7) is 8.97. The van der Waals surface area contributed by atoms with E-state index in [4.69, 9.17) is 0 Å². The van der Waals surface area contributed by atoms with Gasteiger partial charge in [0.15, 0.2) is 0 Å². The number of halogens is 2.